The highest BCUT2D eigenvalue weighted by Crippen LogP contribution is 2.50. The lowest BCUT2D eigenvalue weighted by Crippen LogP contribution is -2.42. The lowest BCUT2D eigenvalue weighted by atomic mass is 9.68. The van der Waals surface area contributed by atoms with E-state index in [1.165, 1.54) is 30.2 Å². The molecule has 3 N–H and O–H groups in total. The summed E-state index contributed by atoms with van der Waals surface area (Å²) < 4.78 is 5.23. The Labute approximate surface area is 264 Å². The first kappa shape index (κ1) is 31.0. The summed E-state index contributed by atoms with van der Waals surface area (Å²) in [4.78, 5) is 39.7. The molecule has 2 heterocycles. The van der Waals surface area contributed by atoms with Crippen LogP contribution in [-0.4, -0.2) is 40.7 Å². The van der Waals surface area contributed by atoms with Crippen LogP contribution in [0.3, 0.4) is 0 Å². The van der Waals surface area contributed by atoms with E-state index in [1.54, 1.807) is 29.2 Å². The number of benzene rings is 2. The second-order valence-electron chi connectivity index (χ2n) is 11.3. The zero-order chi connectivity index (χ0) is 31.6. The van der Waals surface area contributed by atoms with E-state index in [2.05, 4.69) is 28.5 Å². The van der Waals surface area contributed by atoms with Crippen LogP contribution in [0.4, 0.5) is 10.8 Å². The molecule has 1 aromatic heterocycles. The summed E-state index contributed by atoms with van der Waals surface area (Å²) >= 11 is 2.45. The second kappa shape index (κ2) is 12.6. The second-order valence-corrected chi connectivity index (χ2v) is 13.5. The lowest BCUT2D eigenvalue weighted by molar-refractivity contribution is -0.118. The molecule has 0 radical (unpaired) electrons. The third kappa shape index (κ3) is 6.25. The molecule has 1 aliphatic heterocycles. The van der Waals surface area contributed by atoms with Crippen molar-refractivity contribution in [1.29, 1.82) is 5.26 Å². The number of aryl methyl sites for hydroxylation is 1. The number of ether oxygens (including phenoxy) is 1. The van der Waals surface area contributed by atoms with Crippen LogP contribution in [0.2, 0.25) is 0 Å². The van der Waals surface area contributed by atoms with E-state index in [1.807, 2.05) is 38.1 Å². The van der Waals surface area contributed by atoms with E-state index in [4.69, 9.17) is 10.5 Å². The molecule has 0 saturated carbocycles. The van der Waals surface area contributed by atoms with Gasteiger partial charge in [0, 0.05) is 23.4 Å². The average Bonchev–Trinajstić information content (AvgIpc) is 3.47. The molecule has 1 unspecified atom stereocenters. The van der Waals surface area contributed by atoms with Gasteiger partial charge in [-0.2, -0.15) is 5.26 Å². The predicted octanol–water partition coefficient (Wildman–Crippen LogP) is 5.56. The number of esters is 1. The molecule has 3 aromatic rings. The molecule has 2 aliphatic rings. The fraction of sp³-hybridized carbons (Fsp3) is 0.312. The minimum absolute atomic E-state index is 0.0125. The Morgan fingerprint density at radius 3 is 2.50 bits per heavy atom. The first-order valence-corrected chi connectivity index (χ1v) is 15.8. The van der Waals surface area contributed by atoms with Gasteiger partial charge in [-0.3, -0.25) is 14.5 Å². The van der Waals surface area contributed by atoms with E-state index in [9.17, 15) is 19.6 Å². The first-order chi connectivity index (χ1) is 21.0. The maximum absolute atomic E-state index is 13.7. The van der Waals surface area contributed by atoms with Gasteiger partial charge in [0.1, 0.15) is 5.82 Å². The molecule has 44 heavy (non-hydrogen) atoms. The predicted molar refractivity (Wildman–Crippen MR) is 170 cm³/mol. The van der Waals surface area contributed by atoms with E-state index in [-0.39, 0.29) is 28.7 Å². The number of anilines is 2. The minimum atomic E-state index is -0.562. The van der Waals surface area contributed by atoms with Crippen molar-refractivity contribution in [1.82, 2.24) is 10.2 Å². The number of nitriles is 1. The zero-order valence-corrected chi connectivity index (χ0v) is 26.5. The molecule has 0 bridgehead atoms. The summed E-state index contributed by atoms with van der Waals surface area (Å²) in [7, 11) is 1.31. The minimum Gasteiger partial charge on any atom is -0.465 e. The number of methoxy groups -OCH3 is 1. The molecule has 1 atom stereocenters. The number of rotatable bonds is 8. The molecule has 0 fully saturated rings. The Morgan fingerprint density at radius 2 is 1.86 bits per heavy atom. The van der Waals surface area contributed by atoms with Crippen LogP contribution in [0.5, 0.6) is 0 Å². The van der Waals surface area contributed by atoms with Gasteiger partial charge in [0.05, 0.1) is 36.0 Å². The Balaban J connectivity index is 1.40. The SMILES string of the molecule is CCc1ccc(C2C(C#N)=C(N)N(c3nnc(SCC(=O)Nc4ccc(C(=O)OC)cc4)s3)C3=C2C(=O)CC(C)(C)C3)cc1. The van der Waals surface area contributed by atoms with Crippen LogP contribution < -0.4 is 16.0 Å². The van der Waals surface area contributed by atoms with E-state index < -0.39 is 11.9 Å². The van der Waals surface area contributed by atoms with E-state index in [0.717, 1.165) is 23.2 Å². The molecule has 0 saturated heterocycles. The lowest BCUT2D eigenvalue weighted by Gasteiger charge is -2.42. The van der Waals surface area contributed by atoms with Crippen molar-refractivity contribution in [3.8, 4) is 6.07 Å². The largest absolute Gasteiger partial charge is 0.465 e. The number of amides is 1. The summed E-state index contributed by atoms with van der Waals surface area (Å²) in [6.07, 6.45) is 1.81. The van der Waals surface area contributed by atoms with Crippen LogP contribution in [0.1, 0.15) is 61.0 Å². The Bertz CT molecular complexity index is 1720. The fourth-order valence-electron chi connectivity index (χ4n) is 5.49. The molecule has 12 heteroatoms. The third-order valence-electron chi connectivity index (χ3n) is 7.61. The monoisotopic (exact) mass is 628 g/mol. The summed E-state index contributed by atoms with van der Waals surface area (Å²) in [6, 6.07) is 16.7. The number of nitrogens with zero attached hydrogens (tertiary/aromatic N) is 4. The van der Waals surface area contributed by atoms with Gasteiger partial charge in [0.2, 0.25) is 11.0 Å². The molecular weight excluding hydrogens is 597 g/mol. The number of aromatic nitrogens is 2. The highest BCUT2D eigenvalue weighted by Gasteiger charge is 2.45. The molecule has 2 aromatic carbocycles. The van der Waals surface area contributed by atoms with Gasteiger partial charge in [-0.15, -0.1) is 10.2 Å². The molecule has 1 aliphatic carbocycles. The van der Waals surface area contributed by atoms with Crippen LogP contribution in [0.15, 0.2) is 75.5 Å². The normalized spacial score (nSPS) is 17.7. The summed E-state index contributed by atoms with van der Waals surface area (Å²) in [5, 5.41) is 22.2. The van der Waals surface area contributed by atoms with Crippen molar-refractivity contribution < 1.29 is 19.1 Å². The smallest absolute Gasteiger partial charge is 0.337 e. The number of nitrogens with two attached hydrogens (primary N) is 1. The first-order valence-electron chi connectivity index (χ1n) is 14.0. The number of thioether (sulfide) groups is 1. The van der Waals surface area contributed by atoms with Crippen molar-refractivity contribution >= 4 is 51.6 Å². The molecule has 5 rings (SSSR count). The van der Waals surface area contributed by atoms with Crippen molar-refractivity contribution in [3.05, 3.63) is 87.9 Å². The number of ketones is 1. The Morgan fingerprint density at radius 1 is 1.16 bits per heavy atom. The van der Waals surface area contributed by atoms with Crippen LogP contribution in [-0.2, 0) is 20.7 Å². The van der Waals surface area contributed by atoms with E-state index >= 15 is 0 Å². The standard InChI is InChI=1S/C32H32N6O4S2/c1-5-18-6-8-19(9-7-18)26-22(16-33)28(34)38(23-14-32(2,3)15-24(39)27(23)26)30-36-37-31(44-30)43-17-25(40)35-21-12-10-20(11-13-21)29(41)42-4/h6-13,26H,5,14-15,17,34H2,1-4H3,(H,35,40). The van der Waals surface area contributed by atoms with Gasteiger partial charge in [-0.1, -0.05) is 68.1 Å². The number of allylic oxidation sites excluding steroid dienone is 3. The van der Waals surface area contributed by atoms with E-state index in [0.29, 0.717) is 44.7 Å². The molecule has 226 valence electrons. The number of nitrogens with one attached hydrogen (secondary N) is 1. The van der Waals surface area contributed by atoms with Gasteiger partial charge in [-0.25, -0.2) is 4.79 Å². The summed E-state index contributed by atoms with van der Waals surface area (Å²) in [6.45, 7) is 6.16. The van der Waals surface area contributed by atoms with Crippen molar-refractivity contribution in [2.75, 3.05) is 23.1 Å². The maximum atomic E-state index is 13.7. The Hall–Kier alpha value is -4.47. The third-order valence-corrected chi connectivity index (χ3v) is 9.65. The highest BCUT2D eigenvalue weighted by atomic mass is 32.2. The number of carbonyl (C=O) groups excluding carboxylic acids is 3. The maximum Gasteiger partial charge on any atom is 0.337 e. The van der Waals surface area contributed by atoms with Crippen LogP contribution >= 0.6 is 23.1 Å². The number of hydrogen-bond acceptors (Lipinski definition) is 11. The van der Waals surface area contributed by atoms with Crippen LogP contribution in [0.25, 0.3) is 0 Å². The Kier molecular flexibility index (Phi) is 8.90. The van der Waals surface area contributed by atoms with Crippen molar-refractivity contribution in [2.24, 2.45) is 11.1 Å². The van der Waals surface area contributed by atoms with Gasteiger partial charge in [-0.05, 0) is 53.6 Å². The van der Waals surface area contributed by atoms with Crippen molar-refractivity contribution in [2.45, 2.75) is 50.3 Å². The molecule has 0 spiro atoms. The topological polar surface area (TPSA) is 151 Å². The number of Topliss-reactive ketones (excluding diaryl/α,β-unsaturated/α-hetero) is 1. The summed E-state index contributed by atoms with van der Waals surface area (Å²) in [5.74, 6) is -1.00. The van der Waals surface area contributed by atoms with Crippen molar-refractivity contribution in [3.63, 3.8) is 0 Å². The number of hydrogen-bond donors (Lipinski definition) is 2. The van der Waals surface area contributed by atoms with Gasteiger partial charge in [0.15, 0.2) is 10.1 Å². The fourth-order valence-corrected chi connectivity index (χ4v) is 7.17. The average molecular weight is 629 g/mol. The quantitative estimate of drug-likeness (QED) is 0.240. The molecule has 10 nitrogen and oxygen atoms in total. The molecule has 1 amide bonds. The number of carbonyl (C=O) groups is 3. The zero-order valence-electron chi connectivity index (χ0n) is 24.8. The van der Waals surface area contributed by atoms with Gasteiger partial charge in [0.25, 0.3) is 0 Å². The summed E-state index contributed by atoms with van der Waals surface area (Å²) in [5.41, 5.74) is 10.9. The van der Waals surface area contributed by atoms with Gasteiger partial charge >= 0.3 is 5.97 Å². The highest BCUT2D eigenvalue weighted by molar-refractivity contribution is 8.01. The molecular formula is C32H32N6O4S2. The van der Waals surface area contributed by atoms with Crippen LogP contribution in [0, 0.1) is 16.7 Å². The van der Waals surface area contributed by atoms with Gasteiger partial charge < -0.3 is 15.8 Å².